The van der Waals surface area contributed by atoms with Crippen LogP contribution in [0, 0.1) is 12.8 Å². The summed E-state index contributed by atoms with van der Waals surface area (Å²) in [6, 6.07) is 1.48. The average molecular weight is 281 g/mol. The summed E-state index contributed by atoms with van der Waals surface area (Å²) in [6.45, 7) is 4.42. The zero-order chi connectivity index (χ0) is 14.7. The van der Waals surface area contributed by atoms with Gasteiger partial charge in [0.05, 0.1) is 18.2 Å². The molecule has 7 nitrogen and oxygen atoms in total. The first-order valence-electron chi connectivity index (χ1n) is 6.67. The van der Waals surface area contributed by atoms with Gasteiger partial charge in [-0.3, -0.25) is 4.79 Å². The lowest BCUT2D eigenvalue weighted by molar-refractivity contribution is -0.143. The van der Waals surface area contributed by atoms with Gasteiger partial charge in [-0.25, -0.2) is 4.79 Å². The van der Waals surface area contributed by atoms with Crippen LogP contribution in [0.4, 0.5) is 4.79 Å². The molecule has 2 heterocycles. The van der Waals surface area contributed by atoms with Crippen molar-refractivity contribution in [3.63, 3.8) is 0 Å². The third-order valence-corrected chi connectivity index (χ3v) is 3.58. The van der Waals surface area contributed by atoms with Gasteiger partial charge >= 0.3 is 12.0 Å². The predicted octanol–water partition coefficient (Wildman–Crippen LogP) is 1.38. The van der Waals surface area contributed by atoms with E-state index in [2.05, 4.69) is 10.5 Å². The summed E-state index contributed by atoms with van der Waals surface area (Å²) < 4.78 is 5.02. The number of likely N-dealkylation sites (tertiary alicyclic amines) is 1. The molecule has 1 aromatic rings. The van der Waals surface area contributed by atoms with Crippen molar-refractivity contribution in [2.24, 2.45) is 5.92 Å². The van der Waals surface area contributed by atoms with Crippen molar-refractivity contribution in [3.05, 3.63) is 17.5 Å². The molecule has 0 aliphatic carbocycles. The normalized spacial score (nSPS) is 22.6. The lowest BCUT2D eigenvalue weighted by Crippen LogP contribution is -2.49. The number of piperidine rings is 1. The van der Waals surface area contributed by atoms with Gasteiger partial charge in [0.2, 0.25) is 0 Å². The fourth-order valence-corrected chi connectivity index (χ4v) is 2.46. The topological polar surface area (TPSA) is 95.7 Å². The van der Waals surface area contributed by atoms with Gasteiger partial charge in [-0.05, 0) is 26.7 Å². The molecule has 1 aliphatic rings. The first-order chi connectivity index (χ1) is 9.47. The lowest BCUT2D eigenvalue weighted by Gasteiger charge is -2.36. The highest BCUT2D eigenvalue weighted by Gasteiger charge is 2.32. The van der Waals surface area contributed by atoms with Crippen LogP contribution in [-0.4, -0.2) is 39.8 Å². The number of amides is 2. The Morgan fingerprint density at radius 1 is 1.60 bits per heavy atom. The van der Waals surface area contributed by atoms with E-state index in [1.165, 1.54) is 0 Å². The van der Waals surface area contributed by atoms with Crippen LogP contribution in [0.15, 0.2) is 10.6 Å². The monoisotopic (exact) mass is 281 g/mol. The highest BCUT2D eigenvalue weighted by molar-refractivity contribution is 5.75. The van der Waals surface area contributed by atoms with Crippen molar-refractivity contribution in [3.8, 4) is 0 Å². The van der Waals surface area contributed by atoms with Gasteiger partial charge in [0.1, 0.15) is 0 Å². The number of aliphatic carboxylic acids is 1. The molecule has 1 aromatic heterocycles. The molecule has 110 valence electrons. The number of aromatic nitrogens is 1. The summed E-state index contributed by atoms with van der Waals surface area (Å²) in [5, 5.41) is 15.5. The molecule has 0 aromatic carbocycles. The van der Waals surface area contributed by atoms with Crippen LogP contribution in [0.2, 0.25) is 0 Å². The van der Waals surface area contributed by atoms with Crippen LogP contribution >= 0.6 is 0 Å². The van der Waals surface area contributed by atoms with Crippen molar-refractivity contribution < 1.29 is 19.2 Å². The second-order valence-corrected chi connectivity index (χ2v) is 5.20. The third-order valence-electron chi connectivity index (χ3n) is 3.58. The van der Waals surface area contributed by atoms with E-state index >= 15 is 0 Å². The van der Waals surface area contributed by atoms with Gasteiger partial charge in [0.25, 0.3) is 0 Å². The van der Waals surface area contributed by atoms with Crippen LogP contribution in [0.25, 0.3) is 0 Å². The quantitative estimate of drug-likeness (QED) is 0.872. The molecule has 0 saturated carbocycles. The van der Waals surface area contributed by atoms with E-state index in [1.54, 1.807) is 11.0 Å². The molecule has 2 atom stereocenters. The summed E-state index contributed by atoms with van der Waals surface area (Å²) >= 11 is 0. The number of rotatable bonds is 3. The summed E-state index contributed by atoms with van der Waals surface area (Å²) in [5.41, 5.74) is 0.768. The van der Waals surface area contributed by atoms with Crippen molar-refractivity contribution >= 4 is 12.0 Å². The van der Waals surface area contributed by atoms with Gasteiger partial charge in [0, 0.05) is 18.7 Å². The Bertz CT molecular complexity index is 500. The van der Waals surface area contributed by atoms with Crippen molar-refractivity contribution in [1.29, 1.82) is 0 Å². The maximum Gasteiger partial charge on any atom is 0.318 e. The summed E-state index contributed by atoms with van der Waals surface area (Å²) in [4.78, 5) is 24.7. The van der Waals surface area contributed by atoms with E-state index in [9.17, 15) is 9.59 Å². The van der Waals surface area contributed by atoms with E-state index in [4.69, 9.17) is 9.63 Å². The van der Waals surface area contributed by atoms with Crippen LogP contribution in [-0.2, 0) is 11.3 Å². The van der Waals surface area contributed by atoms with Crippen molar-refractivity contribution in [2.75, 3.05) is 6.54 Å². The van der Waals surface area contributed by atoms with E-state index in [0.717, 1.165) is 5.69 Å². The molecule has 2 N–H and O–H groups in total. The minimum atomic E-state index is -0.783. The maximum absolute atomic E-state index is 12.1. The zero-order valence-electron chi connectivity index (χ0n) is 11.6. The minimum Gasteiger partial charge on any atom is -0.481 e. The van der Waals surface area contributed by atoms with Crippen LogP contribution < -0.4 is 5.32 Å². The van der Waals surface area contributed by atoms with Gasteiger partial charge in [-0.15, -0.1) is 0 Å². The number of urea groups is 1. The minimum absolute atomic E-state index is 0.0821. The second-order valence-electron chi connectivity index (χ2n) is 5.20. The molecule has 0 radical (unpaired) electrons. The van der Waals surface area contributed by atoms with Gasteiger partial charge < -0.3 is 19.8 Å². The predicted molar refractivity (Wildman–Crippen MR) is 70.0 cm³/mol. The molecule has 1 saturated heterocycles. The number of aryl methyl sites for hydroxylation is 1. The number of carbonyl (C=O) groups is 2. The first-order valence-corrected chi connectivity index (χ1v) is 6.67. The molecule has 2 unspecified atom stereocenters. The highest BCUT2D eigenvalue weighted by atomic mass is 16.5. The number of hydrogen-bond acceptors (Lipinski definition) is 4. The Hall–Kier alpha value is -2.05. The molecule has 1 fully saturated rings. The molecule has 0 bridgehead atoms. The molecule has 2 rings (SSSR count). The smallest absolute Gasteiger partial charge is 0.318 e. The van der Waals surface area contributed by atoms with E-state index in [1.807, 2.05) is 13.8 Å². The van der Waals surface area contributed by atoms with Crippen molar-refractivity contribution in [2.45, 2.75) is 39.3 Å². The van der Waals surface area contributed by atoms with E-state index < -0.39 is 5.97 Å². The average Bonchev–Trinajstić information content (AvgIpc) is 2.81. The molecule has 2 amide bonds. The molecule has 1 aliphatic heterocycles. The van der Waals surface area contributed by atoms with Crippen LogP contribution in [0.3, 0.4) is 0 Å². The van der Waals surface area contributed by atoms with Crippen LogP contribution in [0.5, 0.6) is 0 Å². The Balaban J connectivity index is 1.85. The molecule has 7 heteroatoms. The summed E-state index contributed by atoms with van der Waals surface area (Å²) in [5.74, 6) is -0.538. The molecular weight excluding hydrogens is 262 g/mol. The van der Waals surface area contributed by atoms with Gasteiger partial charge in [0.15, 0.2) is 5.76 Å². The molecule has 0 spiro atoms. The zero-order valence-corrected chi connectivity index (χ0v) is 11.6. The molecular formula is C13H19N3O4. The fraction of sp³-hybridized carbons (Fsp3) is 0.615. The van der Waals surface area contributed by atoms with Gasteiger partial charge in [-0.2, -0.15) is 0 Å². The number of carboxylic acids is 1. The second kappa shape index (κ2) is 5.94. The molecule has 20 heavy (non-hydrogen) atoms. The largest absolute Gasteiger partial charge is 0.481 e. The standard InChI is InChI=1S/C13H19N3O4/c1-8-5-11(20-15-8)7-14-13(19)16-4-3-10(12(17)18)6-9(16)2/h5,9-10H,3-4,6-7H2,1-2H3,(H,14,19)(H,17,18). The number of carboxylic acid groups (broad SMARTS) is 1. The maximum atomic E-state index is 12.1. The first kappa shape index (κ1) is 14.4. The van der Waals surface area contributed by atoms with Crippen molar-refractivity contribution in [1.82, 2.24) is 15.4 Å². The Morgan fingerprint density at radius 3 is 2.90 bits per heavy atom. The number of nitrogens with one attached hydrogen (secondary N) is 1. The van der Waals surface area contributed by atoms with E-state index in [0.29, 0.717) is 25.1 Å². The third kappa shape index (κ3) is 3.28. The Kier molecular flexibility index (Phi) is 4.26. The number of hydrogen-bond donors (Lipinski definition) is 2. The number of nitrogens with zero attached hydrogens (tertiary/aromatic N) is 2. The SMILES string of the molecule is Cc1cc(CNC(=O)N2CCC(C(=O)O)CC2C)on1. The van der Waals surface area contributed by atoms with E-state index in [-0.39, 0.29) is 24.5 Å². The fourth-order valence-electron chi connectivity index (χ4n) is 2.46. The summed E-state index contributed by atoms with van der Waals surface area (Å²) in [7, 11) is 0. The van der Waals surface area contributed by atoms with Crippen LogP contribution in [0.1, 0.15) is 31.2 Å². The number of carbonyl (C=O) groups excluding carboxylic acids is 1. The Morgan fingerprint density at radius 2 is 2.35 bits per heavy atom. The Labute approximate surface area is 116 Å². The highest BCUT2D eigenvalue weighted by Crippen LogP contribution is 2.23. The lowest BCUT2D eigenvalue weighted by atomic mass is 9.92. The summed E-state index contributed by atoms with van der Waals surface area (Å²) in [6.07, 6.45) is 0.985. The van der Waals surface area contributed by atoms with Gasteiger partial charge in [-0.1, -0.05) is 5.16 Å².